The molecule has 3 heteroatoms. The van der Waals surface area contributed by atoms with Crippen molar-refractivity contribution >= 4 is 12.2 Å². The van der Waals surface area contributed by atoms with E-state index in [0.29, 0.717) is 16.6 Å². The van der Waals surface area contributed by atoms with Gasteiger partial charge in [0.05, 0.1) is 0 Å². The largest absolute Gasteiger partial charge is 0.337 e. The lowest BCUT2D eigenvalue weighted by Crippen LogP contribution is -2.08. The van der Waals surface area contributed by atoms with Gasteiger partial charge in [-0.1, -0.05) is 18.2 Å². The average Bonchev–Trinajstić information content (AvgIpc) is 2.85. The van der Waals surface area contributed by atoms with Gasteiger partial charge in [0.1, 0.15) is 0 Å². The summed E-state index contributed by atoms with van der Waals surface area (Å²) in [6, 6.07) is 0. The number of nitrogens with one attached hydrogen (secondary N) is 2. The van der Waals surface area contributed by atoms with Crippen molar-refractivity contribution in [3.63, 3.8) is 0 Å². The molecule has 1 aliphatic carbocycles. The summed E-state index contributed by atoms with van der Waals surface area (Å²) in [7, 11) is 0. The van der Waals surface area contributed by atoms with E-state index < -0.39 is 0 Å². The Bertz CT molecular complexity index is 413. The molecule has 80 valence electrons. The highest BCUT2D eigenvalue weighted by atomic mass is 32.1. The first kappa shape index (κ1) is 10.4. The molecule has 2 nitrogen and oxygen atoms in total. The van der Waals surface area contributed by atoms with Crippen LogP contribution in [0, 0.1) is 10.7 Å². The van der Waals surface area contributed by atoms with E-state index in [1.807, 2.05) is 12.3 Å². The topological polar surface area (TPSA) is 31.6 Å². The summed E-state index contributed by atoms with van der Waals surface area (Å²) in [6.45, 7) is 3.83. The zero-order chi connectivity index (χ0) is 10.7. The van der Waals surface area contributed by atoms with E-state index in [1.54, 1.807) is 0 Å². The molecule has 1 heterocycles. The zero-order valence-corrected chi connectivity index (χ0v) is 9.52. The minimum Gasteiger partial charge on any atom is -0.337 e. The van der Waals surface area contributed by atoms with Crippen molar-refractivity contribution in [3.05, 3.63) is 41.5 Å². The first-order valence-corrected chi connectivity index (χ1v) is 5.77. The molecule has 2 unspecified atom stereocenters. The molecule has 0 bridgehead atoms. The number of hydrogen-bond donors (Lipinski definition) is 2. The second-order valence-electron chi connectivity index (χ2n) is 4.00. The number of imidazole rings is 1. The Morgan fingerprint density at radius 3 is 3.07 bits per heavy atom. The average molecular weight is 220 g/mol. The van der Waals surface area contributed by atoms with Crippen molar-refractivity contribution in [2.45, 2.75) is 25.2 Å². The lowest BCUT2D eigenvalue weighted by atomic mass is 9.87. The molecule has 2 rings (SSSR count). The van der Waals surface area contributed by atoms with E-state index in [1.165, 1.54) is 18.5 Å². The van der Waals surface area contributed by atoms with Crippen LogP contribution < -0.4 is 0 Å². The lowest BCUT2D eigenvalue weighted by Gasteiger charge is -2.19. The van der Waals surface area contributed by atoms with Gasteiger partial charge in [0, 0.05) is 17.8 Å². The number of H-pyrrole nitrogens is 2. The van der Waals surface area contributed by atoms with E-state index in [4.69, 9.17) is 12.2 Å². The third-order valence-corrected chi connectivity index (χ3v) is 3.22. The van der Waals surface area contributed by atoms with Crippen molar-refractivity contribution in [1.29, 1.82) is 0 Å². The molecule has 1 aliphatic rings. The van der Waals surface area contributed by atoms with Crippen LogP contribution in [0.4, 0.5) is 0 Å². The molecule has 2 N–H and O–H groups in total. The molecule has 2 atom stereocenters. The fourth-order valence-electron chi connectivity index (χ4n) is 2.25. The van der Waals surface area contributed by atoms with E-state index in [2.05, 4.69) is 28.7 Å². The molecule has 0 aromatic carbocycles. The molecule has 0 saturated carbocycles. The van der Waals surface area contributed by atoms with Gasteiger partial charge in [-0.05, 0) is 37.4 Å². The number of hydrogen-bond acceptors (Lipinski definition) is 1. The van der Waals surface area contributed by atoms with E-state index in [9.17, 15) is 0 Å². The molecule has 1 aromatic heterocycles. The highest BCUT2D eigenvalue weighted by molar-refractivity contribution is 7.71. The van der Waals surface area contributed by atoms with Crippen LogP contribution in [-0.2, 0) is 0 Å². The second kappa shape index (κ2) is 4.62. The van der Waals surface area contributed by atoms with Crippen molar-refractivity contribution in [3.8, 4) is 0 Å². The third-order valence-electron chi connectivity index (χ3n) is 3.00. The van der Waals surface area contributed by atoms with Crippen molar-refractivity contribution in [2.24, 2.45) is 5.92 Å². The molecule has 15 heavy (non-hydrogen) atoms. The Morgan fingerprint density at radius 2 is 2.53 bits per heavy atom. The van der Waals surface area contributed by atoms with Gasteiger partial charge in [-0.15, -0.1) is 6.58 Å². The van der Waals surface area contributed by atoms with Crippen molar-refractivity contribution in [1.82, 2.24) is 9.97 Å². The minimum absolute atomic E-state index is 0.495. The van der Waals surface area contributed by atoms with Crippen LogP contribution in [0.1, 0.15) is 30.9 Å². The fraction of sp³-hybridized carbons (Fsp3) is 0.417. The summed E-state index contributed by atoms with van der Waals surface area (Å²) in [5, 5.41) is 0. The molecule has 0 amide bonds. The lowest BCUT2D eigenvalue weighted by molar-refractivity contribution is 0.493. The summed E-state index contributed by atoms with van der Waals surface area (Å²) in [6.07, 6.45) is 12.0. The van der Waals surface area contributed by atoms with Crippen molar-refractivity contribution in [2.75, 3.05) is 0 Å². The first-order chi connectivity index (χ1) is 7.31. The standard InChI is InChI=1S/C12H16N2S/c1-2-5-10(9-6-3-4-7-9)11-8-13-12(15)14-11/h2-3,6,8-10H,1,4-5,7H2,(H2,13,14,15). The molecule has 0 spiro atoms. The van der Waals surface area contributed by atoms with Crippen LogP contribution in [0.5, 0.6) is 0 Å². The van der Waals surface area contributed by atoms with E-state index in [0.717, 1.165) is 6.42 Å². The monoisotopic (exact) mass is 220 g/mol. The van der Waals surface area contributed by atoms with Gasteiger partial charge >= 0.3 is 0 Å². The molecular formula is C12H16N2S. The maximum Gasteiger partial charge on any atom is 0.174 e. The predicted molar refractivity (Wildman–Crippen MR) is 65.4 cm³/mol. The Labute approximate surface area is 95.1 Å². The molecule has 0 fully saturated rings. The quantitative estimate of drug-likeness (QED) is 0.588. The SMILES string of the molecule is C=CCC(c1c[nH]c(=S)[nH]1)C1C=CCC1. The number of aromatic nitrogens is 2. The fourth-order valence-corrected chi connectivity index (χ4v) is 2.43. The van der Waals surface area contributed by atoms with Gasteiger partial charge in [-0.3, -0.25) is 0 Å². The van der Waals surface area contributed by atoms with Gasteiger partial charge in [0.2, 0.25) is 0 Å². The highest BCUT2D eigenvalue weighted by Crippen LogP contribution is 2.34. The van der Waals surface area contributed by atoms with Crippen LogP contribution >= 0.6 is 12.2 Å². The van der Waals surface area contributed by atoms with Gasteiger partial charge in [-0.25, -0.2) is 0 Å². The number of allylic oxidation sites excluding steroid dienone is 3. The van der Waals surface area contributed by atoms with Gasteiger partial charge in [0.15, 0.2) is 4.77 Å². The van der Waals surface area contributed by atoms with Crippen LogP contribution in [0.25, 0.3) is 0 Å². The summed E-state index contributed by atoms with van der Waals surface area (Å²) < 4.78 is 0.709. The van der Waals surface area contributed by atoms with Gasteiger partial charge in [0.25, 0.3) is 0 Å². The molecule has 1 aromatic rings. The summed E-state index contributed by atoms with van der Waals surface area (Å²) in [5.41, 5.74) is 1.21. The van der Waals surface area contributed by atoms with E-state index in [-0.39, 0.29) is 0 Å². The van der Waals surface area contributed by atoms with Gasteiger partial charge < -0.3 is 9.97 Å². The molecule has 0 aliphatic heterocycles. The maximum absolute atomic E-state index is 5.06. The Morgan fingerprint density at radius 1 is 1.67 bits per heavy atom. The Kier molecular flexibility index (Phi) is 3.21. The van der Waals surface area contributed by atoms with Crippen LogP contribution in [0.3, 0.4) is 0 Å². The second-order valence-corrected chi connectivity index (χ2v) is 4.41. The molecule has 0 radical (unpaired) electrons. The van der Waals surface area contributed by atoms with Crippen LogP contribution in [-0.4, -0.2) is 9.97 Å². The normalized spacial score (nSPS) is 21.7. The molecule has 0 saturated heterocycles. The third kappa shape index (κ3) is 2.29. The summed E-state index contributed by atoms with van der Waals surface area (Å²) in [5.74, 6) is 1.12. The Balaban J connectivity index is 2.22. The smallest absolute Gasteiger partial charge is 0.174 e. The molecular weight excluding hydrogens is 204 g/mol. The summed E-state index contributed by atoms with van der Waals surface area (Å²) in [4.78, 5) is 6.25. The van der Waals surface area contributed by atoms with Crippen LogP contribution in [0.15, 0.2) is 31.0 Å². The van der Waals surface area contributed by atoms with E-state index >= 15 is 0 Å². The van der Waals surface area contributed by atoms with Crippen molar-refractivity contribution < 1.29 is 0 Å². The number of rotatable bonds is 4. The zero-order valence-electron chi connectivity index (χ0n) is 8.70. The highest BCUT2D eigenvalue weighted by Gasteiger charge is 2.22. The predicted octanol–water partition coefficient (Wildman–Crippen LogP) is 3.70. The Hall–Kier alpha value is -1.09. The first-order valence-electron chi connectivity index (χ1n) is 5.36. The maximum atomic E-state index is 5.06. The van der Waals surface area contributed by atoms with Crippen LogP contribution in [0.2, 0.25) is 0 Å². The number of aromatic amines is 2. The van der Waals surface area contributed by atoms with Gasteiger partial charge in [-0.2, -0.15) is 0 Å². The summed E-state index contributed by atoms with van der Waals surface area (Å²) >= 11 is 5.06. The minimum atomic E-state index is 0.495.